The SMILES string of the molecule is CCC(=O)c1cccc(F)c1O[Si](C)(C)C(C)(C)C. The van der Waals surface area contributed by atoms with Crippen molar-refractivity contribution in [2.75, 3.05) is 0 Å². The van der Waals surface area contributed by atoms with Crippen molar-refractivity contribution < 1.29 is 13.6 Å². The van der Waals surface area contributed by atoms with Crippen molar-refractivity contribution in [3.05, 3.63) is 29.6 Å². The number of carbonyl (C=O) groups is 1. The number of hydrogen-bond acceptors (Lipinski definition) is 2. The van der Waals surface area contributed by atoms with Gasteiger partial charge in [0, 0.05) is 6.42 Å². The number of hydrogen-bond donors (Lipinski definition) is 0. The summed E-state index contributed by atoms with van der Waals surface area (Å²) in [7, 11) is -2.16. The van der Waals surface area contributed by atoms with E-state index in [0.29, 0.717) is 12.0 Å². The standard InChI is InChI=1S/C15H23FO2Si/c1-7-13(17)11-9-8-10-12(16)14(11)18-19(5,6)15(2,3)4/h8-10H,7H2,1-6H3. The summed E-state index contributed by atoms with van der Waals surface area (Å²) in [5, 5.41) is -0.0399. The zero-order valence-electron chi connectivity index (χ0n) is 12.6. The van der Waals surface area contributed by atoms with Crippen LogP contribution in [0, 0.1) is 5.82 Å². The molecule has 0 atom stereocenters. The minimum absolute atomic E-state index is 0.0399. The highest BCUT2D eigenvalue weighted by molar-refractivity contribution is 6.74. The molecule has 0 aliphatic rings. The van der Waals surface area contributed by atoms with E-state index in [0.717, 1.165) is 0 Å². The van der Waals surface area contributed by atoms with Crippen LogP contribution in [0.25, 0.3) is 0 Å². The van der Waals surface area contributed by atoms with Gasteiger partial charge in [-0.25, -0.2) is 4.39 Å². The summed E-state index contributed by atoms with van der Waals surface area (Å²) in [6.45, 7) is 12.1. The van der Waals surface area contributed by atoms with Crippen LogP contribution in [0.3, 0.4) is 0 Å². The number of para-hydroxylation sites is 1. The summed E-state index contributed by atoms with van der Waals surface area (Å²) in [6, 6.07) is 4.53. The Kier molecular flexibility index (Phi) is 4.56. The molecule has 0 spiro atoms. The van der Waals surface area contributed by atoms with E-state index in [1.165, 1.54) is 6.07 Å². The second kappa shape index (κ2) is 5.45. The van der Waals surface area contributed by atoms with E-state index >= 15 is 0 Å². The van der Waals surface area contributed by atoms with Crippen LogP contribution in [0.5, 0.6) is 5.75 Å². The molecule has 2 nitrogen and oxygen atoms in total. The van der Waals surface area contributed by atoms with Crippen molar-refractivity contribution in [3.63, 3.8) is 0 Å². The van der Waals surface area contributed by atoms with Crippen LogP contribution in [0.2, 0.25) is 18.1 Å². The first-order valence-corrected chi connectivity index (χ1v) is 9.51. The van der Waals surface area contributed by atoms with Crippen LogP contribution < -0.4 is 4.43 Å². The molecular weight excluding hydrogens is 259 g/mol. The Morgan fingerprint density at radius 3 is 2.37 bits per heavy atom. The van der Waals surface area contributed by atoms with Crippen molar-refractivity contribution in [3.8, 4) is 5.75 Å². The van der Waals surface area contributed by atoms with Gasteiger partial charge in [0.1, 0.15) is 0 Å². The Balaban J connectivity index is 3.24. The molecule has 0 fully saturated rings. The quantitative estimate of drug-likeness (QED) is 0.585. The lowest BCUT2D eigenvalue weighted by Crippen LogP contribution is -2.44. The first kappa shape index (κ1) is 15.9. The van der Waals surface area contributed by atoms with Gasteiger partial charge in [0.05, 0.1) is 5.56 Å². The van der Waals surface area contributed by atoms with Crippen LogP contribution in [0.15, 0.2) is 18.2 Å². The minimum Gasteiger partial charge on any atom is -0.541 e. The number of carbonyl (C=O) groups excluding carboxylic acids is 1. The highest BCUT2D eigenvalue weighted by Crippen LogP contribution is 2.39. The minimum atomic E-state index is -2.16. The molecule has 0 radical (unpaired) electrons. The van der Waals surface area contributed by atoms with E-state index in [1.54, 1.807) is 19.1 Å². The predicted octanol–water partition coefficient (Wildman–Crippen LogP) is 4.80. The molecule has 0 saturated heterocycles. The maximum absolute atomic E-state index is 14.0. The van der Waals surface area contributed by atoms with E-state index in [9.17, 15) is 9.18 Å². The van der Waals surface area contributed by atoms with E-state index in [1.807, 2.05) is 13.1 Å². The lowest BCUT2D eigenvalue weighted by atomic mass is 10.1. The molecule has 1 aromatic carbocycles. The molecule has 0 heterocycles. The number of halogens is 1. The first-order chi connectivity index (χ1) is 8.60. The monoisotopic (exact) mass is 282 g/mol. The van der Waals surface area contributed by atoms with Crippen molar-refractivity contribution in [1.82, 2.24) is 0 Å². The Bertz CT molecular complexity index is 476. The molecule has 0 aliphatic heterocycles. The number of rotatable bonds is 4. The second-order valence-corrected chi connectivity index (χ2v) is 11.0. The van der Waals surface area contributed by atoms with Crippen molar-refractivity contribution in [2.24, 2.45) is 0 Å². The van der Waals surface area contributed by atoms with Gasteiger partial charge in [0.2, 0.25) is 0 Å². The molecular formula is C15H23FO2Si. The molecule has 4 heteroatoms. The number of benzene rings is 1. The molecule has 1 rings (SSSR count). The number of ketones is 1. The molecule has 0 amide bonds. The zero-order chi connectivity index (χ0) is 14.8. The molecule has 0 aliphatic carbocycles. The summed E-state index contributed by atoms with van der Waals surface area (Å²) in [5.41, 5.74) is 0.354. The van der Waals surface area contributed by atoms with E-state index in [2.05, 4.69) is 20.8 Å². The third kappa shape index (κ3) is 3.44. The fraction of sp³-hybridized carbons (Fsp3) is 0.533. The van der Waals surface area contributed by atoms with Gasteiger partial charge in [-0.3, -0.25) is 4.79 Å². The van der Waals surface area contributed by atoms with Crippen LogP contribution in [-0.4, -0.2) is 14.1 Å². The Labute approximate surface area is 116 Å². The maximum Gasteiger partial charge on any atom is 0.250 e. The van der Waals surface area contributed by atoms with Gasteiger partial charge in [-0.1, -0.05) is 33.8 Å². The fourth-order valence-electron chi connectivity index (χ4n) is 1.43. The van der Waals surface area contributed by atoms with E-state index in [-0.39, 0.29) is 16.6 Å². The topological polar surface area (TPSA) is 26.3 Å². The van der Waals surface area contributed by atoms with Gasteiger partial charge in [0.25, 0.3) is 8.32 Å². The smallest absolute Gasteiger partial charge is 0.250 e. The molecule has 19 heavy (non-hydrogen) atoms. The highest BCUT2D eigenvalue weighted by atomic mass is 28.4. The van der Waals surface area contributed by atoms with Gasteiger partial charge in [-0.05, 0) is 30.3 Å². The van der Waals surface area contributed by atoms with Crippen molar-refractivity contribution in [1.29, 1.82) is 0 Å². The first-order valence-electron chi connectivity index (χ1n) is 6.61. The van der Waals surface area contributed by atoms with Crippen LogP contribution in [0.4, 0.5) is 4.39 Å². The average molecular weight is 282 g/mol. The van der Waals surface area contributed by atoms with Crippen molar-refractivity contribution in [2.45, 2.75) is 52.2 Å². The van der Waals surface area contributed by atoms with Gasteiger partial charge in [0.15, 0.2) is 17.3 Å². The van der Waals surface area contributed by atoms with Gasteiger partial charge < -0.3 is 4.43 Å². The molecule has 1 aromatic rings. The van der Waals surface area contributed by atoms with Crippen LogP contribution >= 0.6 is 0 Å². The molecule has 0 bridgehead atoms. The lowest BCUT2D eigenvalue weighted by Gasteiger charge is -2.37. The summed E-state index contributed by atoms with van der Waals surface area (Å²) < 4.78 is 20.0. The van der Waals surface area contributed by atoms with Crippen molar-refractivity contribution >= 4 is 14.1 Å². The van der Waals surface area contributed by atoms with E-state index < -0.39 is 14.1 Å². The molecule has 0 unspecified atom stereocenters. The second-order valence-electron chi connectivity index (χ2n) is 6.26. The largest absolute Gasteiger partial charge is 0.541 e. The number of Topliss-reactive ketones (excluding diaryl/α,β-unsaturated/α-hetero) is 1. The summed E-state index contributed by atoms with van der Waals surface area (Å²) in [4.78, 5) is 11.9. The summed E-state index contributed by atoms with van der Waals surface area (Å²) in [6.07, 6.45) is 0.345. The van der Waals surface area contributed by atoms with E-state index in [4.69, 9.17) is 4.43 Å². The zero-order valence-corrected chi connectivity index (χ0v) is 13.6. The Morgan fingerprint density at radius 2 is 1.89 bits per heavy atom. The maximum atomic E-state index is 14.0. The van der Waals surface area contributed by atoms with Crippen LogP contribution in [0.1, 0.15) is 44.5 Å². The molecule has 0 saturated carbocycles. The third-order valence-corrected chi connectivity index (χ3v) is 8.08. The van der Waals surface area contributed by atoms with Gasteiger partial charge in [-0.15, -0.1) is 0 Å². The summed E-state index contributed by atoms with van der Waals surface area (Å²) in [5.74, 6) is -0.418. The average Bonchev–Trinajstić information content (AvgIpc) is 2.29. The summed E-state index contributed by atoms with van der Waals surface area (Å²) >= 11 is 0. The molecule has 0 N–H and O–H groups in total. The van der Waals surface area contributed by atoms with Gasteiger partial charge in [-0.2, -0.15) is 0 Å². The molecule has 106 valence electrons. The third-order valence-electron chi connectivity index (χ3n) is 3.75. The van der Waals surface area contributed by atoms with Crippen LogP contribution in [-0.2, 0) is 0 Å². The highest BCUT2D eigenvalue weighted by Gasteiger charge is 2.40. The van der Waals surface area contributed by atoms with Gasteiger partial charge >= 0.3 is 0 Å². The predicted molar refractivity (Wildman–Crippen MR) is 78.8 cm³/mol. The Morgan fingerprint density at radius 1 is 1.32 bits per heavy atom. The Hall–Kier alpha value is -1.16. The lowest BCUT2D eigenvalue weighted by molar-refractivity contribution is 0.0985. The fourth-order valence-corrected chi connectivity index (χ4v) is 2.45. The molecule has 0 aromatic heterocycles. The normalized spacial score (nSPS) is 12.4.